The van der Waals surface area contributed by atoms with Crippen molar-refractivity contribution in [1.82, 2.24) is 10.3 Å². The van der Waals surface area contributed by atoms with Gasteiger partial charge in [0.05, 0.1) is 10.4 Å². The SMILES string of the molecule is CC1(C)C(NC(=O)c2sc3cccnc3c2N)C1(C)C. The van der Waals surface area contributed by atoms with Gasteiger partial charge in [-0.15, -0.1) is 11.3 Å². The molecule has 4 nitrogen and oxygen atoms in total. The molecule has 0 radical (unpaired) electrons. The highest BCUT2D eigenvalue weighted by atomic mass is 32.1. The summed E-state index contributed by atoms with van der Waals surface area (Å²) in [6, 6.07) is 3.97. The van der Waals surface area contributed by atoms with Gasteiger partial charge in [0.2, 0.25) is 0 Å². The fourth-order valence-electron chi connectivity index (χ4n) is 2.87. The summed E-state index contributed by atoms with van der Waals surface area (Å²) in [7, 11) is 0. The summed E-state index contributed by atoms with van der Waals surface area (Å²) in [5, 5.41) is 3.12. The summed E-state index contributed by atoms with van der Waals surface area (Å²) in [4.78, 5) is 17.3. The van der Waals surface area contributed by atoms with Crippen molar-refractivity contribution in [2.45, 2.75) is 33.7 Å². The number of thiophene rings is 1. The van der Waals surface area contributed by atoms with Crippen LogP contribution in [0.1, 0.15) is 37.4 Å². The van der Waals surface area contributed by atoms with Crippen molar-refractivity contribution < 1.29 is 4.79 Å². The van der Waals surface area contributed by atoms with Crippen LogP contribution in [0.3, 0.4) is 0 Å². The molecule has 2 heterocycles. The van der Waals surface area contributed by atoms with E-state index < -0.39 is 0 Å². The van der Waals surface area contributed by atoms with Crippen molar-refractivity contribution >= 4 is 33.1 Å². The first-order chi connectivity index (χ1) is 9.26. The molecule has 2 aromatic rings. The molecular weight excluding hydrogens is 270 g/mol. The van der Waals surface area contributed by atoms with E-state index in [4.69, 9.17) is 5.73 Å². The number of carbonyl (C=O) groups excluding carboxylic acids is 1. The number of nitrogens with zero attached hydrogens (tertiary/aromatic N) is 1. The largest absolute Gasteiger partial charge is 0.396 e. The topological polar surface area (TPSA) is 68.0 Å². The molecule has 0 aromatic carbocycles. The number of nitrogen functional groups attached to an aromatic ring is 1. The Labute approximate surface area is 122 Å². The van der Waals surface area contributed by atoms with E-state index in [1.807, 2.05) is 12.1 Å². The van der Waals surface area contributed by atoms with Gasteiger partial charge in [-0.2, -0.15) is 0 Å². The highest BCUT2D eigenvalue weighted by Gasteiger charge is 2.65. The molecule has 1 aliphatic carbocycles. The van der Waals surface area contributed by atoms with Gasteiger partial charge in [-0.05, 0) is 23.0 Å². The summed E-state index contributed by atoms with van der Waals surface area (Å²) >= 11 is 1.40. The lowest BCUT2D eigenvalue weighted by Crippen LogP contribution is -2.29. The average molecular weight is 289 g/mol. The van der Waals surface area contributed by atoms with Crippen LogP contribution in [0, 0.1) is 10.8 Å². The van der Waals surface area contributed by atoms with Crippen molar-refractivity contribution in [3.63, 3.8) is 0 Å². The zero-order chi connectivity index (χ0) is 14.7. The van der Waals surface area contributed by atoms with Gasteiger partial charge >= 0.3 is 0 Å². The Hall–Kier alpha value is -1.62. The molecule has 0 unspecified atom stereocenters. The molecule has 3 rings (SSSR count). The minimum atomic E-state index is -0.0888. The molecule has 3 N–H and O–H groups in total. The second-order valence-electron chi connectivity index (χ2n) is 6.54. The number of hydrogen-bond acceptors (Lipinski definition) is 4. The van der Waals surface area contributed by atoms with E-state index in [0.717, 1.165) is 10.2 Å². The third-order valence-corrected chi connectivity index (χ3v) is 6.14. The smallest absolute Gasteiger partial charge is 0.263 e. The maximum Gasteiger partial charge on any atom is 0.263 e. The standard InChI is InChI=1S/C15H19N3OS/c1-14(2)13(15(14,3)4)18-12(19)11-9(16)10-8(20-11)6-5-7-17-10/h5-7,13H,16H2,1-4H3,(H,18,19). The molecule has 0 spiro atoms. The fourth-order valence-corrected chi connectivity index (χ4v) is 3.85. The van der Waals surface area contributed by atoms with Crippen molar-refractivity contribution in [2.24, 2.45) is 10.8 Å². The number of rotatable bonds is 2. The van der Waals surface area contributed by atoms with E-state index in [0.29, 0.717) is 10.6 Å². The molecular formula is C15H19N3OS. The predicted molar refractivity (Wildman–Crippen MR) is 82.8 cm³/mol. The number of nitrogens with two attached hydrogens (primary N) is 1. The molecule has 106 valence electrons. The van der Waals surface area contributed by atoms with Crippen molar-refractivity contribution in [3.8, 4) is 0 Å². The van der Waals surface area contributed by atoms with Crippen LogP contribution in [0.4, 0.5) is 5.69 Å². The highest BCUT2D eigenvalue weighted by Crippen LogP contribution is 2.62. The normalized spacial score (nSPS) is 20.0. The number of carbonyl (C=O) groups is 1. The van der Waals surface area contributed by atoms with Gasteiger partial charge in [0.15, 0.2) is 0 Å². The quantitative estimate of drug-likeness (QED) is 0.893. The van der Waals surface area contributed by atoms with Crippen LogP contribution in [0.25, 0.3) is 10.2 Å². The predicted octanol–water partition coefficient (Wildman–Crippen LogP) is 3.04. The molecule has 0 aliphatic heterocycles. The Balaban J connectivity index is 1.89. The molecule has 1 fully saturated rings. The van der Waals surface area contributed by atoms with E-state index in [1.54, 1.807) is 6.20 Å². The number of aromatic nitrogens is 1. The summed E-state index contributed by atoms with van der Waals surface area (Å²) < 4.78 is 0.949. The van der Waals surface area contributed by atoms with E-state index in [2.05, 4.69) is 38.0 Å². The van der Waals surface area contributed by atoms with Crippen molar-refractivity contribution in [1.29, 1.82) is 0 Å². The van der Waals surface area contributed by atoms with Crippen LogP contribution in [-0.2, 0) is 0 Å². The van der Waals surface area contributed by atoms with E-state index in [9.17, 15) is 4.79 Å². The number of pyridine rings is 1. The fraction of sp³-hybridized carbons (Fsp3) is 0.467. The van der Waals surface area contributed by atoms with E-state index in [1.165, 1.54) is 11.3 Å². The van der Waals surface area contributed by atoms with Crippen LogP contribution in [-0.4, -0.2) is 16.9 Å². The number of fused-ring (bicyclic) bond motifs is 1. The van der Waals surface area contributed by atoms with Gasteiger partial charge in [0.25, 0.3) is 5.91 Å². The van der Waals surface area contributed by atoms with Crippen molar-refractivity contribution in [2.75, 3.05) is 5.73 Å². The van der Waals surface area contributed by atoms with Crippen LogP contribution in [0.5, 0.6) is 0 Å². The van der Waals surface area contributed by atoms with Gasteiger partial charge < -0.3 is 11.1 Å². The Morgan fingerprint density at radius 1 is 1.35 bits per heavy atom. The molecule has 1 aliphatic rings. The Morgan fingerprint density at radius 3 is 2.55 bits per heavy atom. The molecule has 0 atom stereocenters. The first-order valence-corrected chi connectivity index (χ1v) is 7.52. The Kier molecular flexibility index (Phi) is 2.64. The Bertz CT molecular complexity index is 688. The maximum absolute atomic E-state index is 12.5. The molecule has 1 saturated carbocycles. The van der Waals surface area contributed by atoms with Crippen LogP contribution in [0.15, 0.2) is 18.3 Å². The molecule has 20 heavy (non-hydrogen) atoms. The Morgan fingerprint density at radius 2 is 2.00 bits per heavy atom. The van der Waals surface area contributed by atoms with Gasteiger partial charge in [-0.3, -0.25) is 9.78 Å². The third kappa shape index (κ3) is 1.66. The van der Waals surface area contributed by atoms with Gasteiger partial charge in [0.1, 0.15) is 10.4 Å². The molecule has 0 bridgehead atoms. The second-order valence-corrected chi connectivity index (χ2v) is 7.60. The number of nitrogens with one attached hydrogen (secondary N) is 1. The van der Waals surface area contributed by atoms with Gasteiger partial charge in [-0.25, -0.2) is 0 Å². The molecule has 5 heteroatoms. The number of anilines is 1. The third-order valence-electron chi connectivity index (χ3n) is 4.98. The molecule has 1 amide bonds. The highest BCUT2D eigenvalue weighted by molar-refractivity contribution is 7.21. The minimum Gasteiger partial charge on any atom is -0.396 e. The maximum atomic E-state index is 12.5. The minimum absolute atomic E-state index is 0.0888. The first kappa shape index (κ1) is 13.4. The lowest BCUT2D eigenvalue weighted by Gasteiger charge is -2.05. The monoisotopic (exact) mass is 289 g/mol. The summed E-state index contributed by atoms with van der Waals surface area (Å²) in [6.07, 6.45) is 1.69. The van der Waals surface area contributed by atoms with Crippen LogP contribution in [0.2, 0.25) is 0 Å². The van der Waals surface area contributed by atoms with Crippen LogP contribution >= 0.6 is 11.3 Å². The molecule has 2 aromatic heterocycles. The average Bonchev–Trinajstić information content (AvgIpc) is 2.70. The second kappa shape index (κ2) is 3.95. The van der Waals surface area contributed by atoms with Gasteiger partial charge in [0, 0.05) is 12.2 Å². The van der Waals surface area contributed by atoms with E-state index in [-0.39, 0.29) is 22.8 Å². The molecule has 0 saturated heterocycles. The zero-order valence-corrected chi connectivity index (χ0v) is 13.0. The van der Waals surface area contributed by atoms with Gasteiger partial charge in [-0.1, -0.05) is 27.7 Å². The van der Waals surface area contributed by atoms with Crippen LogP contribution < -0.4 is 11.1 Å². The summed E-state index contributed by atoms with van der Waals surface area (Å²) in [5.41, 5.74) is 7.50. The number of hydrogen-bond donors (Lipinski definition) is 2. The summed E-state index contributed by atoms with van der Waals surface area (Å²) in [6.45, 7) is 8.70. The van der Waals surface area contributed by atoms with E-state index >= 15 is 0 Å². The first-order valence-electron chi connectivity index (χ1n) is 6.70. The zero-order valence-electron chi connectivity index (χ0n) is 12.2. The summed E-state index contributed by atoms with van der Waals surface area (Å²) in [5.74, 6) is -0.0888. The number of amides is 1. The van der Waals surface area contributed by atoms with Crippen molar-refractivity contribution in [3.05, 3.63) is 23.2 Å². The lowest BCUT2D eigenvalue weighted by atomic mass is 10.0. The lowest BCUT2D eigenvalue weighted by molar-refractivity contribution is 0.0948.